The van der Waals surface area contributed by atoms with Crippen molar-refractivity contribution in [3.8, 4) is 0 Å². The predicted molar refractivity (Wildman–Crippen MR) is 140 cm³/mol. The van der Waals surface area contributed by atoms with Crippen molar-refractivity contribution in [1.29, 1.82) is 0 Å². The molecule has 1 N–H and O–H groups in total. The van der Waals surface area contributed by atoms with Gasteiger partial charge in [0.1, 0.15) is 11.5 Å². The van der Waals surface area contributed by atoms with Crippen LogP contribution >= 0.6 is 23.2 Å². The fraction of sp³-hybridized carbons (Fsp3) is 0.417. The first-order valence-corrected chi connectivity index (χ1v) is 13.0. The lowest BCUT2D eigenvalue weighted by Crippen LogP contribution is -2.47. The molecule has 12 nitrogen and oxygen atoms in total. The number of hydrogen-bond acceptors (Lipinski definition) is 8. The number of esters is 1. The van der Waals surface area contributed by atoms with Gasteiger partial charge in [0.05, 0.1) is 12.1 Å². The van der Waals surface area contributed by atoms with Gasteiger partial charge in [0, 0.05) is 32.5 Å². The number of nitrogens with zero attached hydrogens (tertiary/aromatic N) is 6. The molecule has 18 heteroatoms. The molecular formula is C24H23Cl2F4N7O5. The fourth-order valence-corrected chi connectivity index (χ4v) is 4.61. The maximum atomic E-state index is 14.8. The van der Waals surface area contributed by atoms with Crippen molar-refractivity contribution in [1.82, 2.24) is 34.3 Å². The van der Waals surface area contributed by atoms with Crippen molar-refractivity contribution < 1.29 is 36.7 Å². The topological polar surface area (TPSA) is 133 Å². The molecule has 1 aliphatic heterocycles. The van der Waals surface area contributed by atoms with Crippen molar-refractivity contribution in [2.45, 2.75) is 25.2 Å². The Morgan fingerprint density at radius 1 is 1.17 bits per heavy atom. The minimum absolute atomic E-state index is 0.0132. The number of aromatic nitrogens is 4. The van der Waals surface area contributed by atoms with E-state index < -0.39 is 41.7 Å². The highest BCUT2D eigenvalue weighted by atomic mass is 35.5. The number of rotatable bonds is 7. The summed E-state index contributed by atoms with van der Waals surface area (Å²) >= 11 is 12.0. The molecule has 3 heterocycles. The van der Waals surface area contributed by atoms with Crippen molar-refractivity contribution in [2.24, 2.45) is 0 Å². The number of hydrogen-bond donors (Lipinski definition) is 1. The zero-order valence-corrected chi connectivity index (χ0v) is 23.6. The smallest absolute Gasteiger partial charge is 0.438 e. The van der Waals surface area contributed by atoms with Crippen LogP contribution in [0.15, 0.2) is 23.0 Å². The van der Waals surface area contributed by atoms with Crippen LogP contribution in [0.4, 0.5) is 17.6 Å². The molecule has 3 aromatic rings. The average Bonchev–Trinajstić information content (AvgIpc) is 3.10. The van der Waals surface area contributed by atoms with E-state index in [2.05, 4.69) is 19.9 Å². The number of nitrogens with one attached hydrogen (secondary N) is 1. The number of carbonyl (C=O) groups excluding carboxylic acids is 3. The molecular weight excluding hydrogens is 613 g/mol. The number of benzene rings is 1. The molecule has 1 aliphatic rings. The molecule has 2 amide bonds. The largest absolute Gasteiger partial charge is 0.490 e. The summed E-state index contributed by atoms with van der Waals surface area (Å²) in [4.78, 5) is 57.2. The molecule has 2 aromatic heterocycles. The van der Waals surface area contributed by atoms with Gasteiger partial charge in [-0.05, 0) is 31.8 Å². The molecule has 0 spiro atoms. The van der Waals surface area contributed by atoms with Crippen LogP contribution in [0.2, 0.25) is 10.3 Å². The van der Waals surface area contributed by atoms with Gasteiger partial charge in [0.2, 0.25) is 5.91 Å². The van der Waals surface area contributed by atoms with Crippen LogP contribution in [0.5, 0.6) is 0 Å². The molecule has 42 heavy (non-hydrogen) atoms. The van der Waals surface area contributed by atoms with E-state index in [1.54, 1.807) is 0 Å². The molecule has 0 bridgehead atoms. The third-order valence-corrected chi connectivity index (χ3v) is 7.17. The Labute approximate surface area is 244 Å². The Bertz CT molecular complexity index is 1590. The SMILES string of the molecule is CN(C)C(CN1CCN(C(=O)c2cc(Cc3n[nH]c(=O)n4c(Cl)c(Cl)nc34)ccc2F)CCC1=O)OC(=O)C(F)(F)F. The number of imidazole rings is 1. The quantitative estimate of drug-likeness (QED) is 0.237. The molecule has 0 aliphatic carbocycles. The van der Waals surface area contributed by atoms with E-state index in [4.69, 9.17) is 23.2 Å². The Hall–Kier alpha value is -3.76. The zero-order valence-electron chi connectivity index (χ0n) is 22.0. The molecule has 0 radical (unpaired) electrons. The third kappa shape index (κ3) is 6.65. The van der Waals surface area contributed by atoms with Gasteiger partial charge in [-0.1, -0.05) is 29.3 Å². The first-order chi connectivity index (χ1) is 19.7. The number of halogens is 6. The minimum atomic E-state index is -5.21. The average molecular weight is 636 g/mol. The Morgan fingerprint density at radius 2 is 1.88 bits per heavy atom. The van der Waals surface area contributed by atoms with Gasteiger partial charge in [-0.2, -0.15) is 18.3 Å². The molecule has 1 atom stereocenters. The van der Waals surface area contributed by atoms with Crippen LogP contribution in [-0.2, 0) is 20.7 Å². The van der Waals surface area contributed by atoms with E-state index in [0.717, 1.165) is 10.5 Å². The number of fused-ring (bicyclic) bond motifs is 1. The molecule has 1 unspecified atom stereocenters. The van der Waals surface area contributed by atoms with Gasteiger partial charge in [-0.15, -0.1) is 0 Å². The van der Waals surface area contributed by atoms with Crippen LogP contribution in [0.25, 0.3) is 5.65 Å². The number of aromatic amines is 1. The van der Waals surface area contributed by atoms with Crippen LogP contribution in [0.3, 0.4) is 0 Å². The number of amides is 2. The Balaban J connectivity index is 1.50. The van der Waals surface area contributed by atoms with Crippen molar-refractivity contribution in [3.63, 3.8) is 0 Å². The molecule has 0 saturated carbocycles. The number of likely N-dealkylation sites (N-methyl/N-ethyl adjacent to an activating group) is 1. The van der Waals surface area contributed by atoms with E-state index in [1.165, 1.54) is 40.9 Å². The van der Waals surface area contributed by atoms with Gasteiger partial charge in [-0.3, -0.25) is 14.5 Å². The molecule has 226 valence electrons. The predicted octanol–water partition coefficient (Wildman–Crippen LogP) is 2.12. The number of alkyl halides is 3. The van der Waals surface area contributed by atoms with E-state index in [-0.39, 0.29) is 66.2 Å². The Kier molecular flexibility index (Phi) is 9.08. The second kappa shape index (κ2) is 12.2. The van der Waals surface area contributed by atoms with Gasteiger partial charge in [0.25, 0.3) is 5.91 Å². The number of H-pyrrole nitrogens is 1. The lowest BCUT2D eigenvalue weighted by atomic mass is 10.0. The Morgan fingerprint density at radius 3 is 2.55 bits per heavy atom. The highest BCUT2D eigenvalue weighted by molar-refractivity contribution is 6.40. The van der Waals surface area contributed by atoms with Crippen LogP contribution < -0.4 is 5.69 Å². The van der Waals surface area contributed by atoms with E-state index in [1.807, 2.05) is 0 Å². The van der Waals surface area contributed by atoms with Crippen molar-refractivity contribution in [3.05, 3.63) is 61.6 Å². The highest BCUT2D eigenvalue weighted by Crippen LogP contribution is 2.24. The monoisotopic (exact) mass is 635 g/mol. The summed E-state index contributed by atoms with van der Waals surface area (Å²) in [5.41, 5.74) is -0.212. The second-order valence-corrected chi connectivity index (χ2v) is 10.2. The van der Waals surface area contributed by atoms with Crippen LogP contribution in [0.1, 0.15) is 28.0 Å². The lowest BCUT2D eigenvalue weighted by Gasteiger charge is -2.30. The molecule has 1 fully saturated rings. The normalized spacial score (nSPS) is 15.3. The zero-order chi connectivity index (χ0) is 30.9. The summed E-state index contributed by atoms with van der Waals surface area (Å²) in [6, 6.07) is 3.80. The summed E-state index contributed by atoms with van der Waals surface area (Å²) < 4.78 is 58.5. The van der Waals surface area contributed by atoms with Gasteiger partial charge >= 0.3 is 17.8 Å². The summed E-state index contributed by atoms with van der Waals surface area (Å²) in [6.07, 6.45) is -6.79. The van der Waals surface area contributed by atoms with E-state index in [0.29, 0.717) is 5.56 Å². The van der Waals surface area contributed by atoms with Crippen LogP contribution in [-0.4, -0.2) is 105 Å². The summed E-state index contributed by atoms with van der Waals surface area (Å²) in [7, 11) is 2.76. The number of carbonyl (C=O) groups is 3. The number of ether oxygens (including phenoxy) is 1. The minimum Gasteiger partial charge on any atom is -0.438 e. The highest BCUT2D eigenvalue weighted by Gasteiger charge is 2.43. The molecule has 4 rings (SSSR count). The summed E-state index contributed by atoms with van der Waals surface area (Å²) in [5.74, 6) is -4.43. The second-order valence-electron chi connectivity index (χ2n) is 9.52. The maximum Gasteiger partial charge on any atom is 0.490 e. The van der Waals surface area contributed by atoms with Crippen LogP contribution in [0, 0.1) is 5.82 Å². The van der Waals surface area contributed by atoms with Gasteiger partial charge < -0.3 is 14.5 Å². The van der Waals surface area contributed by atoms with Gasteiger partial charge in [-0.25, -0.2) is 28.5 Å². The standard InChI is InChI=1S/C24H23Cl2F4N7O5/c1-34(2)17(42-22(40)24(28,29)30)11-36-8-7-35(6-5-16(36)38)21(39)13-9-12(3-4-14(13)27)10-15-20-31-18(25)19(26)37(20)23(41)33-32-15/h3-4,9,17H,5-8,10-11H2,1-2H3,(H,33,41). The third-order valence-electron chi connectivity index (χ3n) is 6.47. The van der Waals surface area contributed by atoms with Crippen molar-refractivity contribution in [2.75, 3.05) is 40.3 Å². The molecule has 1 saturated heterocycles. The van der Waals surface area contributed by atoms with Gasteiger partial charge in [0.15, 0.2) is 22.2 Å². The summed E-state index contributed by atoms with van der Waals surface area (Å²) in [5, 5.41) is 6.01. The van der Waals surface area contributed by atoms with E-state index >= 15 is 0 Å². The maximum absolute atomic E-state index is 14.8. The first-order valence-electron chi connectivity index (χ1n) is 12.3. The fourth-order valence-electron chi connectivity index (χ4n) is 4.24. The lowest BCUT2D eigenvalue weighted by molar-refractivity contribution is -0.212. The summed E-state index contributed by atoms with van der Waals surface area (Å²) in [6.45, 7) is -0.614. The van der Waals surface area contributed by atoms with Crippen molar-refractivity contribution >= 4 is 46.6 Å². The molecule has 1 aromatic carbocycles. The van der Waals surface area contributed by atoms with E-state index in [9.17, 15) is 36.7 Å². The first kappa shape index (κ1) is 31.2.